The molecular weight excluding hydrogens is 378 g/mol. The number of ketones is 2. The molecule has 0 aliphatic rings. The molecule has 1 amide bonds. The van der Waals surface area contributed by atoms with Crippen LogP contribution in [-0.4, -0.2) is 81.0 Å². The average Bonchev–Trinajstić information content (AvgIpc) is 2.56. The summed E-state index contributed by atoms with van der Waals surface area (Å²) in [4.78, 5) is 47.9. The van der Waals surface area contributed by atoms with E-state index in [4.69, 9.17) is 33.9 Å². The van der Waals surface area contributed by atoms with Crippen LogP contribution in [0.3, 0.4) is 0 Å². The number of hydrogen-bond donors (Lipinski definition) is 5. The van der Waals surface area contributed by atoms with E-state index >= 15 is 0 Å². The zero-order valence-corrected chi connectivity index (χ0v) is 16.1. The van der Waals surface area contributed by atoms with Crippen molar-refractivity contribution in [3.05, 3.63) is 0 Å². The number of primary amides is 1. The standard InChI is InChI=1S/C16H27N3O7S/c1-8(21)11(16(25)26)5-10(22)3-9(4-14(18)24)15(27)19(2)6-13(23)12(17)7-20/h8-9,11-12,20-21H,3-7,17H2,1-2H3,(H2,18,24)(H,25,26)/t8?,9-,11-,12-/m0/s1. The summed E-state index contributed by atoms with van der Waals surface area (Å²) < 4.78 is 0. The summed E-state index contributed by atoms with van der Waals surface area (Å²) in [6.45, 7) is 0.509. The topological polar surface area (TPSA) is 184 Å². The second-order valence-electron chi connectivity index (χ2n) is 6.45. The van der Waals surface area contributed by atoms with Crippen LogP contribution < -0.4 is 11.5 Å². The monoisotopic (exact) mass is 405 g/mol. The van der Waals surface area contributed by atoms with E-state index < -0.39 is 60.5 Å². The number of aliphatic hydroxyl groups excluding tert-OH is 2. The number of carboxylic acid groups (broad SMARTS) is 1. The Labute approximate surface area is 162 Å². The lowest BCUT2D eigenvalue weighted by molar-refractivity contribution is -0.147. The zero-order valence-electron chi connectivity index (χ0n) is 15.3. The number of nitrogens with two attached hydrogens (primary N) is 2. The molecule has 27 heavy (non-hydrogen) atoms. The van der Waals surface area contributed by atoms with Gasteiger partial charge in [-0.3, -0.25) is 19.2 Å². The molecule has 11 heteroatoms. The third-order valence-electron chi connectivity index (χ3n) is 4.00. The number of carbonyl (C=O) groups excluding carboxylic acids is 3. The van der Waals surface area contributed by atoms with Crippen LogP contribution >= 0.6 is 12.2 Å². The molecule has 0 bridgehead atoms. The van der Waals surface area contributed by atoms with Gasteiger partial charge >= 0.3 is 5.97 Å². The number of likely N-dealkylation sites (N-methyl/N-ethyl adjacent to an activating group) is 1. The Bertz CT molecular complexity index is 582. The zero-order chi connectivity index (χ0) is 21.3. The van der Waals surface area contributed by atoms with Gasteiger partial charge in [-0.1, -0.05) is 12.2 Å². The van der Waals surface area contributed by atoms with Gasteiger partial charge in [0, 0.05) is 32.2 Å². The molecule has 0 heterocycles. The largest absolute Gasteiger partial charge is 0.481 e. The lowest BCUT2D eigenvalue weighted by atomic mass is 9.90. The van der Waals surface area contributed by atoms with Gasteiger partial charge in [-0.15, -0.1) is 0 Å². The van der Waals surface area contributed by atoms with Crippen molar-refractivity contribution < 1.29 is 34.5 Å². The first kappa shape index (κ1) is 25.1. The minimum Gasteiger partial charge on any atom is -0.481 e. The summed E-state index contributed by atoms with van der Waals surface area (Å²) >= 11 is 5.24. The van der Waals surface area contributed by atoms with Crippen molar-refractivity contribution in [3.8, 4) is 0 Å². The van der Waals surface area contributed by atoms with Gasteiger partial charge in [-0.2, -0.15) is 0 Å². The highest BCUT2D eigenvalue weighted by Gasteiger charge is 2.30. The summed E-state index contributed by atoms with van der Waals surface area (Å²) in [6.07, 6.45) is -2.18. The molecular formula is C16H27N3O7S. The molecule has 0 radical (unpaired) electrons. The van der Waals surface area contributed by atoms with Crippen LogP contribution in [0.1, 0.15) is 26.2 Å². The maximum Gasteiger partial charge on any atom is 0.309 e. The fourth-order valence-corrected chi connectivity index (χ4v) is 2.63. The molecule has 0 saturated carbocycles. The van der Waals surface area contributed by atoms with E-state index in [9.17, 15) is 24.3 Å². The molecule has 0 fully saturated rings. The predicted octanol–water partition coefficient (Wildman–Crippen LogP) is -1.94. The van der Waals surface area contributed by atoms with Gasteiger partial charge in [0.1, 0.15) is 5.78 Å². The number of carboxylic acids is 1. The number of thiocarbonyl (C=S) groups is 1. The number of carbonyl (C=O) groups is 4. The van der Waals surface area contributed by atoms with Crippen molar-refractivity contribution in [2.75, 3.05) is 20.2 Å². The van der Waals surface area contributed by atoms with Crippen molar-refractivity contribution in [2.45, 2.75) is 38.3 Å². The SMILES string of the molecule is CC(O)[C@H](CC(=O)C[C@@H](CC(N)=O)C(=S)N(C)CC(=O)[C@@H](N)CO)C(=O)O. The molecule has 0 aromatic heterocycles. The first-order valence-electron chi connectivity index (χ1n) is 8.25. The van der Waals surface area contributed by atoms with Crippen molar-refractivity contribution in [3.63, 3.8) is 0 Å². The van der Waals surface area contributed by atoms with Crippen molar-refractivity contribution in [1.29, 1.82) is 0 Å². The smallest absolute Gasteiger partial charge is 0.309 e. The molecule has 4 atom stereocenters. The van der Waals surface area contributed by atoms with Crippen molar-refractivity contribution in [2.24, 2.45) is 23.3 Å². The number of rotatable bonds is 13. The number of Topliss-reactive ketones (excluding diaryl/α,β-unsaturated/α-hetero) is 2. The molecule has 0 aromatic carbocycles. The summed E-state index contributed by atoms with van der Waals surface area (Å²) in [7, 11) is 1.47. The van der Waals surface area contributed by atoms with Gasteiger partial charge < -0.3 is 31.7 Å². The van der Waals surface area contributed by atoms with E-state index in [0.29, 0.717) is 0 Å². The molecule has 0 spiro atoms. The predicted molar refractivity (Wildman–Crippen MR) is 99.6 cm³/mol. The van der Waals surface area contributed by atoms with Crippen LogP contribution in [0.15, 0.2) is 0 Å². The Balaban J connectivity index is 5.12. The van der Waals surface area contributed by atoms with Gasteiger partial charge in [0.2, 0.25) is 5.91 Å². The summed E-state index contributed by atoms with van der Waals surface area (Å²) in [5.74, 6) is -5.10. The molecule has 7 N–H and O–H groups in total. The Morgan fingerprint density at radius 3 is 2.11 bits per heavy atom. The summed E-state index contributed by atoms with van der Waals surface area (Å²) in [5, 5.41) is 27.4. The second kappa shape index (κ2) is 11.7. The van der Waals surface area contributed by atoms with Gasteiger partial charge in [0.25, 0.3) is 0 Å². The van der Waals surface area contributed by atoms with E-state index in [1.807, 2.05) is 0 Å². The highest BCUT2D eigenvalue weighted by atomic mass is 32.1. The van der Waals surface area contributed by atoms with Crippen LogP contribution in [0.25, 0.3) is 0 Å². The van der Waals surface area contributed by atoms with Gasteiger partial charge in [0.15, 0.2) is 5.78 Å². The highest BCUT2D eigenvalue weighted by Crippen LogP contribution is 2.19. The van der Waals surface area contributed by atoms with Crippen LogP contribution in [0.4, 0.5) is 0 Å². The number of amides is 1. The van der Waals surface area contributed by atoms with Crippen LogP contribution in [0.5, 0.6) is 0 Å². The lowest BCUT2D eigenvalue weighted by Crippen LogP contribution is -2.44. The Morgan fingerprint density at radius 2 is 1.70 bits per heavy atom. The van der Waals surface area contributed by atoms with Gasteiger partial charge in [-0.25, -0.2) is 0 Å². The highest BCUT2D eigenvalue weighted by molar-refractivity contribution is 7.80. The maximum atomic E-state index is 12.2. The Kier molecular flexibility index (Phi) is 10.9. The first-order chi connectivity index (χ1) is 12.4. The van der Waals surface area contributed by atoms with E-state index in [1.54, 1.807) is 0 Å². The fraction of sp³-hybridized carbons (Fsp3) is 0.688. The molecule has 0 aliphatic carbocycles. The van der Waals surface area contributed by atoms with E-state index in [1.165, 1.54) is 18.9 Å². The number of aliphatic carboxylic acids is 1. The van der Waals surface area contributed by atoms with Crippen LogP contribution in [-0.2, 0) is 19.2 Å². The minimum atomic E-state index is -1.31. The molecule has 10 nitrogen and oxygen atoms in total. The third-order valence-corrected chi connectivity index (χ3v) is 4.64. The van der Waals surface area contributed by atoms with E-state index in [2.05, 4.69) is 0 Å². The average molecular weight is 405 g/mol. The van der Waals surface area contributed by atoms with Crippen molar-refractivity contribution in [1.82, 2.24) is 4.90 Å². The quantitative estimate of drug-likeness (QED) is 0.216. The van der Waals surface area contributed by atoms with Crippen molar-refractivity contribution >= 4 is 40.6 Å². The molecule has 154 valence electrons. The summed E-state index contributed by atoms with van der Waals surface area (Å²) in [5.41, 5.74) is 10.6. The summed E-state index contributed by atoms with van der Waals surface area (Å²) in [6, 6.07) is -1.08. The normalized spacial score (nSPS) is 15.3. The maximum absolute atomic E-state index is 12.2. The number of aliphatic hydroxyl groups is 2. The van der Waals surface area contributed by atoms with Crippen LogP contribution in [0, 0.1) is 11.8 Å². The molecule has 0 aliphatic heterocycles. The minimum absolute atomic E-state index is 0.115. The molecule has 0 rings (SSSR count). The first-order valence-corrected chi connectivity index (χ1v) is 8.66. The molecule has 0 saturated heterocycles. The van der Waals surface area contributed by atoms with Crippen LogP contribution in [0.2, 0.25) is 0 Å². The molecule has 0 aromatic rings. The second-order valence-corrected chi connectivity index (χ2v) is 6.87. The number of nitrogens with zero attached hydrogens (tertiary/aromatic N) is 1. The van der Waals surface area contributed by atoms with Gasteiger partial charge in [-0.05, 0) is 6.92 Å². The van der Waals surface area contributed by atoms with E-state index in [-0.39, 0.29) is 24.4 Å². The molecule has 1 unspecified atom stereocenters. The van der Waals surface area contributed by atoms with E-state index in [0.717, 1.165) is 0 Å². The third kappa shape index (κ3) is 9.00. The Hall–Kier alpha value is -1.95. The lowest BCUT2D eigenvalue weighted by Gasteiger charge is -2.26. The fourth-order valence-electron chi connectivity index (χ4n) is 2.40. The number of hydrogen-bond acceptors (Lipinski definition) is 8. The van der Waals surface area contributed by atoms with Gasteiger partial charge in [0.05, 0.1) is 36.2 Å². The Morgan fingerprint density at radius 1 is 1.15 bits per heavy atom.